The van der Waals surface area contributed by atoms with Gasteiger partial charge in [-0.05, 0) is 42.8 Å². The average molecular weight is 320 g/mol. The number of ether oxygens (including phenoxy) is 1. The quantitative estimate of drug-likeness (QED) is 0.931. The maximum atomic E-state index is 11.8. The van der Waals surface area contributed by atoms with Gasteiger partial charge in [-0.2, -0.15) is 0 Å². The summed E-state index contributed by atoms with van der Waals surface area (Å²) in [6.45, 7) is 1.94. The Labute approximate surface area is 120 Å². The number of anilines is 1. The molecule has 0 spiro atoms. The lowest BCUT2D eigenvalue weighted by molar-refractivity contribution is -0.118. The molecule has 0 saturated heterocycles. The molecule has 2 aromatic carbocycles. The zero-order valence-corrected chi connectivity index (χ0v) is 12.1. The molecular weight excluding hydrogens is 306 g/mol. The van der Waals surface area contributed by atoms with E-state index in [2.05, 4.69) is 21.2 Å². The zero-order valence-electron chi connectivity index (χ0n) is 10.5. The Morgan fingerprint density at radius 1 is 1.21 bits per heavy atom. The first kappa shape index (κ1) is 13.6. The Hall–Kier alpha value is -1.81. The normalized spacial score (nSPS) is 10.0. The van der Waals surface area contributed by atoms with Crippen LogP contribution in [0.5, 0.6) is 5.75 Å². The van der Waals surface area contributed by atoms with Gasteiger partial charge in [0.2, 0.25) is 0 Å². The summed E-state index contributed by atoms with van der Waals surface area (Å²) in [5.74, 6) is 0.513. The molecule has 2 aromatic rings. The molecule has 0 heterocycles. The molecule has 0 bridgehead atoms. The van der Waals surface area contributed by atoms with Crippen LogP contribution in [0.2, 0.25) is 0 Å². The van der Waals surface area contributed by atoms with Crippen LogP contribution < -0.4 is 10.1 Å². The second kappa shape index (κ2) is 6.38. The minimum atomic E-state index is -0.172. The molecule has 19 heavy (non-hydrogen) atoms. The molecule has 0 aliphatic heterocycles. The highest BCUT2D eigenvalue weighted by Gasteiger charge is 2.05. The average Bonchev–Trinajstić information content (AvgIpc) is 2.41. The molecule has 0 aromatic heterocycles. The van der Waals surface area contributed by atoms with Crippen LogP contribution in [0.25, 0.3) is 0 Å². The van der Waals surface area contributed by atoms with Gasteiger partial charge < -0.3 is 10.1 Å². The maximum absolute atomic E-state index is 11.8. The molecule has 3 nitrogen and oxygen atoms in total. The van der Waals surface area contributed by atoms with Crippen molar-refractivity contribution in [1.82, 2.24) is 0 Å². The summed E-state index contributed by atoms with van der Waals surface area (Å²) in [6, 6.07) is 15.0. The van der Waals surface area contributed by atoms with Crippen molar-refractivity contribution in [1.29, 1.82) is 0 Å². The van der Waals surface area contributed by atoms with Gasteiger partial charge in [-0.3, -0.25) is 4.79 Å². The van der Waals surface area contributed by atoms with Crippen LogP contribution in [0, 0.1) is 6.92 Å². The lowest BCUT2D eigenvalue weighted by Gasteiger charge is -2.09. The van der Waals surface area contributed by atoms with Gasteiger partial charge in [-0.1, -0.05) is 34.1 Å². The standard InChI is InChI=1S/C15H14BrNO2/c1-11-9-12(16)7-8-14(11)17-15(18)10-19-13-5-3-2-4-6-13/h2-9H,10H2,1H3,(H,17,18). The number of amides is 1. The predicted molar refractivity (Wildman–Crippen MR) is 79.4 cm³/mol. The molecule has 4 heteroatoms. The van der Waals surface area contributed by atoms with Crippen molar-refractivity contribution in [2.75, 3.05) is 11.9 Å². The fourth-order valence-electron chi connectivity index (χ4n) is 1.62. The van der Waals surface area contributed by atoms with E-state index in [0.29, 0.717) is 5.75 Å². The lowest BCUT2D eigenvalue weighted by atomic mass is 10.2. The van der Waals surface area contributed by atoms with E-state index in [-0.39, 0.29) is 12.5 Å². The van der Waals surface area contributed by atoms with Crippen molar-refractivity contribution in [3.05, 3.63) is 58.6 Å². The van der Waals surface area contributed by atoms with Crippen LogP contribution >= 0.6 is 15.9 Å². The monoisotopic (exact) mass is 319 g/mol. The van der Waals surface area contributed by atoms with E-state index in [1.807, 2.05) is 55.5 Å². The number of benzene rings is 2. The topological polar surface area (TPSA) is 38.3 Å². The van der Waals surface area contributed by atoms with Crippen molar-refractivity contribution in [3.63, 3.8) is 0 Å². The molecule has 0 atom stereocenters. The molecule has 98 valence electrons. The minimum absolute atomic E-state index is 0.000479. The Morgan fingerprint density at radius 3 is 2.63 bits per heavy atom. The molecule has 0 unspecified atom stereocenters. The number of carbonyl (C=O) groups is 1. The van der Waals surface area contributed by atoms with Gasteiger partial charge in [-0.15, -0.1) is 0 Å². The molecule has 0 saturated carbocycles. The van der Waals surface area contributed by atoms with Crippen LogP contribution in [-0.2, 0) is 4.79 Å². The molecular formula is C15H14BrNO2. The van der Waals surface area contributed by atoms with Crippen LogP contribution in [0.3, 0.4) is 0 Å². The van der Waals surface area contributed by atoms with Gasteiger partial charge in [0, 0.05) is 10.2 Å². The van der Waals surface area contributed by atoms with Crippen LogP contribution in [0.4, 0.5) is 5.69 Å². The summed E-state index contributed by atoms with van der Waals surface area (Å²) in [6.07, 6.45) is 0. The maximum Gasteiger partial charge on any atom is 0.262 e. The van der Waals surface area contributed by atoms with E-state index in [9.17, 15) is 4.79 Å². The zero-order chi connectivity index (χ0) is 13.7. The SMILES string of the molecule is Cc1cc(Br)ccc1NC(=O)COc1ccccc1. The molecule has 0 radical (unpaired) electrons. The predicted octanol–water partition coefficient (Wildman–Crippen LogP) is 3.78. The molecule has 1 N–H and O–H groups in total. The number of hydrogen-bond acceptors (Lipinski definition) is 2. The highest BCUT2D eigenvalue weighted by Crippen LogP contribution is 2.20. The molecule has 1 amide bonds. The lowest BCUT2D eigenvalue weighted by Crippen LogP contribution is -2.20. The number of halogens is 1. The summed E-state index contributed by atoms with van der Waals surface area (Å²) in [5, 5.41) is 2.82. The van der Waals surface area contributed by atoms with E-state index in [4.69, 9.17) is 4.74 Å². The van der Waals surface area contributed by atoms with E-state index in [0.717, 1.165) is 15.7 Å². The second-order valence-electron chi connectivity index (χ2n) is 4.11. The Bertz CT molecular complexity index is 570. The third-order valence-electron chi connectivity index (χ3n) is 2.58. The fraction of sp³-hybridized carbons (Fsp3) is 0.133. The van der Waals surface area contributed by atoms with Crippen LogP contribution in [-0.4, -0.2) is 12.5 Å². The third-order valence-corrected chi connectivity index (χ3v) is 3.07. The van der Waals surface area contributed by atoms with Gasteiger partial charge in [0.25, 0.3) is 5.91 Å². The number of para-hydroxylation sites is 1. The fourth-order valence-corrected chi connectivity index (χ4v) is 2.09. The number of rotatable bonds is 4. The first-order valence-electron chi connectivity index (χ1n) is 5.89. The molecule has 0 aliphatic carbocycles. The highest BCUT2D eigenvalue weighted by atomic mass is 79.9. The summed E-state index contributed by atoms with van der Waals surface area (Å²) >= 11 is 3.39. The van der Waals surface area contributed by atoms with E-state index < -0.39 is 0 Å². The Balaban J connectivity index is 1.91. The van der Waals surface area contributed by atoms with Gasteiger partial charge in [0.15, 0.2) is 6.61 Å². The number of nitrogens with one attached hydrogen (secondary N) is 1. The van der Waals surface area contributed by atoms with Crippen molar-refractivity contribution in [2.45, 2.75) is 6.92 Å². The Morgan fingerprint density at radius 2 is 1.95 bits per heavy atom. The first-order valence-corrected chi connectivity index (χ1v) is 6.68. The van der Waals surface area contributed by atoms with Gasteiger partial charge in [0.05, 0.1) is 0 Å². The van der Waals surface area contributed by atoms with Crippen molar-refractivity contribution < 1.29 is 9.53 Å². The number of aryl methyl sites for hydroxylation is 1. The largest absolute Gasteiger partial charge is 0.484 e. The summed E-state index contributed by atoms with van der Waals surface area (Å²) in [4.78, 5) is 11.8. The van der Waals surface area contributed by atoms with Crippen molar-refractivity contribution in [3.8, 4) is 5.75 Å². The summed E-state index contributed by atoms with van der Waals surface area (Å²) in [7, 11) is 0. The molecule has 2 rings (SSSR count). The van der Waals surface area contributed by atoms with Gasteiger partial charge >= 0.3 is 0 Å². The third kappa shape index (κ3) is 4.10. The number of hydrogen-bond donors (Lipinski definition) is 1. The van der Waals surface area contributed by atoms with Crippen LogP contribution in [0.1, 0.15) is 5.56 Å². The van der Waals surface area contributed by atoms with Crippen LogP contribution in [0.15, 0.2) is 53.0 Å². The molecule has 0 aliphatic rings. The van der Waals surface area contributed by atoms with E-state index in [1.54, 1.807) is 0 Å². The summed E-state index contributed by atoms with van der Waals surface area (Å²) < 4.78 is 6.37. The number of carbonyl (C=O) groups excluding carboxylic acids is 1. The first-order chi connectivity index (χ1) is 9.15. The summed E-state index contributed by atoms with van der Waals surface area (Å²) in [5.41, 5.74) is 1.80. The minimum Gasteiger partial charge on any atom is -0.484 e. The van der Waals surface area contributed by atoms with Crippen molar-refractivity contribution >= 4 is 27.5 Å². The molecule has 0 fully saturated rings. The van der Waals surface area contributed by atoms with E-state index >= 15 is 0 Å². The van der Waals surface area contributed by atoms with Gasteiger partial charge in [-0.25, -0.2) is 0 Å². The van der Waals surface area contributed by atoms with Gasteiger partial charge in [0.1, 0.15) is 5.75 Å². The highest BCUT2D eigenvalue weighted by molar-refractivity contribution is 9.10. The van der Waals surface area contributed by atoms with E-state index in [1.165, 1.54) is 0 Å². The smallest absolute Gasteiger partial charge is 0.262 e. The second-order valence-corrected chi connectivity index (χ2v) is 5.02. The van der Waals surface area contributed by atoms with Crippen molar-refractivity contribution in [2.24, 2.45) is 0 Å². The Kier molecular flexibility index (Phi) is 4.58.